The summed E-state index contributed by atoms with van der Waals surface area (Å²) in [6.45, 7) is 1.07. The number of nitrogens with zero attached hydrogens (tertiary/aromatic N) is 1. The maximum absolute atomic E-state index is 11.1. The van der Waals surface area contributed by atoms with Crippen LogP contribution in [0.3, 0.4) is 0 Å². The summed E-state index contributed by atoms with van der Waals surface area (Å²) in [4.78, 5) is 23.4. The molecule has 0 radical (unpaired) electrons. The van der Waals surface area contributed by atoms with E-state index in [1.165, 1.54) is 4.90 Å². The van der Waals surface area contributed by atoms with Crippen LogP contribution in [0, 0.1) is 0 Å². The highest BCUT2D eigenvalue weighted by atomic mass is 16.6. The largest absolute Gasteiger partial charge is 0.371 e. The molecule has 2 saturated heterocycles. The second-order valence-electron chi connectivity index (χ2n) is 2.85. The molecule has 1 atom stereocenters. The minimum absolute atomic E-state index is 0.0124. The van der Waals surface area contributed by atoms with Crippen molar-refractivity contribution in [2.24, 2.45) is 0 Å². The molecule has 5 heteroatoms. The zero-order valence-corrected chi connectivity index (χ0v) is 6.49. The number of carbonyl (C=O) groups is 2. The maximum atomic E-state index is 11.1. The molecule has 0 aromatic carbocycles. The van der Waals surface area contributed by atoms with Gasteiger partial charge in [-0.2, -0.15) is 0 Å². The van der Waals surface area contributed by atoms with Crippen LogP contribution in [0.2, 0.25) is 0 Å². The Balaban J connectivity index is 1.97. The predicted octanol–water partition coefficient (Wildman–Crippen LogP) is -1.23. The van der Waals surface area contributed by atoms with E-state index >= 15 is 0 Å². The lowest BCUT2D eigenvalue weighted by molar-refractivity contribution is -0.158. The molecule has 2 aliphatic heterocycles. The van der Waals surface area contributed by atoms with Crippen LogP contribution >= 0.6 is 0 Å². The Kier molecular flexibility index (Phi) is 1.82. The average Bonchev–Trinajstić information content (AvgIpc) is 2.80. The first kappa shape index (κ1) is 7.70. The van der Waals surface area contributed by atoms with Crippen molar-refractivity contribution in [1.82, 2.24) is 4.90 Å². The molecule has 5 nitrogen and oxygen atoms in total. The van der Waals surface area contributed by atoms with Crippen molar-refractivity contribution < 1.29 is 19.1 Å². The van der Waals surface area contributed by atoms with Gasteiger partial charge in [0.15, 0.2) is 0 Å². The number of hydrogen-bond acceptors (Lipinski definition) is 4. The summed E-state index contributed by atoms with van der Waals surface area (Å²) in [7, 11) is 0. The number of hydrogen-bond donors (Lipinski definition) is 0. The highest BCUT2D eigenvalue weighted by Crippen LogP contribution is 2.12. The Bertz CT molecular complexity index is 207. The third-order valence-electron chi connectivity index (χ3n) is 1.84. The first-order chi connectivity index (χ1) is 5.77. The molecular formula is C7H9NO4. The van der Waals surface area contributed by atoms with Gasteiger partial charge in [0.25, 0.3) is 11.8 Å². The van der Waals surface area contributed by atoms with Crippen molar-refractivity contribution in [3.05, 3.63) is 0 Å². The van der Waals surface area contributed by atoms with Crippen molar-refractivity contribution in [1.29, 1.82) is 0 Å². The fourth-order valence-electron chi connectivity index (χ4n) is 1.10. The molecule has 0 saturated carbocycles. The third-order valence-corrected chi connectivity index (χ3v) is 1.84. The van der Waals surface area contributed by atoms with E-state index in [1.807, 2.05) is 0 Å². The van der Waals surface area contributed by atoms with Crippen molar-refractivity contribution >= 4 is 11.8 Å². The van der Waals surface area contributed by atoms with Gasteiger partial charge in [0.1, 0.15) is 13.2 Å². The first-order valence-corrected chi connectivity index (χ1v) is 3.80. The summed E-state index contributed by atoms with van der Waals surface area (Å²) >= 11 is 0. The molecule has 2 heterocycles. The molecule has 2 aliphatic rings. The summed E-state index contributed by atoms with van der Waals surface area (Å²) in [5, 5.41) is 0. The van der Waals surface area contributed by atoms with E-state index in [2.05, 4.69) is 0 Å². The summed E-state index contributed by atoms with van der Waals surface area (Å²) in [6, 6.07) is 0. The van der Waals surface area contributed by atoms with Gasteiger partial charge in [-0.1, -0.05) is 0 Å². The molecule has 0 aliphatic carbocycles. The molecule has 0 aromatic heterocycles. The smallest absolute Gasteiger partial charge is 0.255 e. The molecule has 2 fully saturated rings. The first-order valence-electron chi connectivity index (χ1n) is 3.80. The molecule has 12 heavy (non-hydrogen) atoms. The zero-order chi connectivity index (χ0) is 8.55. The fraction of sp³-hybridized carbons (Fsp3) is 0.714. The number of amides is 2. The summed E-state index contributed by atoms with van der Waals surface area (Å²) in [5.74, 6) is -0.525. The Morgan fingerprint density at radius 2 is 1.92 bits per heavy atom. The van der Waals surface area contributed by atoms with E-state index in [0.717, 1.165) is 0 Å². The number of morpholine rings is 1. The Morgan fingerprint density at radius 1 is 1.33 bits per heavy atom. The van der Waals surface area contributed by atoms with Gasteiger partial charge in [-0.3, -0.25) is 14.5 Å². The minimum Gasteiger partial charge on any atom is -0.371 e. The van der Waals surface area contributed by atoms with Crippen LogP contribution in [-0.2, 0) is 19.1 Å². The van der Waals surface area contributed by atoms with E-state index in [4.69, 9.17) is 9.47 Å². The van der Waals surface area contributed by atoms with Crippen molar-refractivity contribution in [3.63, 3.8) is 0 Å². The summed E-state index contributed by atoms with van der Waals surface area (Å²) < 4.78 is 9.67. The highest BCUT2D eigenvalue weighted by molar-refractivity contribution is 5.98. The van der Waals surface area contributed by atoms with Crippen LogP contribution in [0.4, 0.5) is 0 Å². The molecule has 0 bridgehead atoms. The molecule has 0 spiro atoms. The number of ether oxygens (including phenoxy) is 2. The van der Waals surface area contributed by atoms with E-state index in [9.17, 15) is 9.59 Å². The van der Waals surface area contributed by atoms with E-state index in [1.54, 1.807) is 0 Å². The van der Waals surface area contributed by atoms with Gasteiger partial charge in [0.2, 0.25) is 0 Å². The Morgan fingerprint density at radius 3 is 2.42 bits per heavy atom. The third kappa shape index (κ3) is 1.46. The quantitative estimate of drug-likeness (QED) is 0.385. The Hall–Kier alpha value is -0.940. The van der Waals surface area contributed by atoms with Gasteiger partial charge in [0.05, 0.1) is 19.3 Å². The van der Waals surface area contributed by atoms with E-state index < -0.39 is 0 Å². The summed E-state index contributed by atoms with van der Waals surface area (Å²) in [6.07, 6.45) is 0.0657. The van der Waals surface area contributed by atoms with Crippen LogP contribution in [0.15, 0.2) is 0 Å². The van der Waals surface area contributed by atoms with Crippen LogP contribution < -0.4 is 0 Å². The molecule has 0 unspecified atom stereocenters. The van der Waals surface area contributed by atoms with Crippen molar-refractivity contribution in [2.45, 2.75) is 6.10 Å². The second kappa shape index (κ2) is 2.84. The number of epoxide rings is 1. The monoisotopic (exact) mass is 171 g/mol. The van der Waals surface area contributed by atoms with Gasteiger partial charge in [-0.15, -0.1) is 0 Å². The zero-order valence-electron chi connectivity index (χ0n) is 6.49. The molecular weight excluding hydrogens is 162 g/mol. The van der Waals surface area contributed by atoms with Crippen molar-refractivity contribution in [2.75, 3.05) is 26.4 Å². The molecule has 0 N–H and O–H groups in total. The number of imide groups is 1. The van der Waals surface area contributed by atoms with Crippen LogP contribution in [0.5, 0.6) is 0 Å². The predicted molar refractivity (Wildman–Crippen MR) is 37.3 cm³/mol. The summed E-state index contributed by atoms with van der Waals surface area (Å²) in [5.41, 5.74) is 0. The minimum atomic E-state index is -0.262. The van der Waals surface area contributed by atoms with Crippen LogP contribution in [-0.4, -0.2) is 49.2 Å². The van der Waals surface area contributed by atoms with Gasteiger partial charge < -0.3 is 9.47 Å². The molecule has 2 rings (SSSR count). The standard InChI is InChI=1S/C7H9NO4/c9-6-3-11-4-7(10)8(6)1-5-2-12-5/h5H,1-4H2/t5-/m1/s1. The van der Waals surface area contributed by atoms with Gasteiger partial charge in [0, 0.05) is 0 Å². The van der Waals surface area contributed by atoms with Crippen LogP contribution in [0.1, 0.15) is 0 Å². The lowest BCUT2D eigenvalue weighted by atomic mass is 10.3. The SMILES string of the molecule is O=C1COCC(=O)N1C[C@@H]1CO1. The lowest BCUT2D eigenvalue weighted by Gasteiger charge is -2.23. The van der Waals surface area contributed by atoms with Gasteiger partial charge in [-0.05, 0) is 0 Å². The molecule has 66 valence electrons. The maximum Gasteiger partial charge on any atom is 0.255 e. The fourth-order valence-corrected chi connectivity index (χ4v) is 1.10. The molecule has 2 amide bonds. The van der Waals surface area contributed by atoms with Gasteiger partial charge >= 0.3 is 0 Å². The lowest BCUT2D eigenvalue weighted by Crippen LogP contribution is -2.47. The van der Waals surface area contributed by atoms with E-state index in [-0.39, 0.29) is 31.1 Å². The molecule has 0 aromatic rings. The van der Waals surface area contributed by atoms with Crippen molar-refractivity contribution in [3.8, 4) is 0 Å². The number of carbonyl (C=O) groups excluding carboxylic acids is 2. The van der Waals surface area contributed by atoms with Gasteiger partial charge in [-0.25, -0.2) is 0 Å². The average molecular weight is 171 g/mol. The second-order valence-corrected chi connectivity index (χ2v) is 2.85. The number of rotatable bonds is 2. The highest BCUT2D eigenvalue weighted by Gasteiger charge is 2.33. The normalized spacial score (nSPS) is 29.3. The van der Waals surface area contributed by atoms with Crippen LogP contribution in [0.25, 0.3) is 0 Å². The Labute approximate surface area is 69.2 Å². The van der Waals surface area contributed by atoms with E-state index in [0.29, 0.717) is 13.2 Å². The topological polar surface area (TPSA) is 59.1 Å².